The third-order valence-corrected chi connectivity index (χ3v) is 6.41. The molecule has 0 radical (unpaired) electrons. The third kappa shape index (κ3) is 3.20. The van der Waals surface area contributed by atoms with Crippen LogP contribution in [0.4, 0.5) is 0 Å². The van der Waals surface area contributed by atoms with Crippen molar-refractivity contribution in [1.29, 1.82) is 0 Å². The molecule has 1 atom stereocenters. The maximum Gasteiger partial charge on any atom is 0.0999 e. The molecule has 1 unspecified atom stereocenters. The molecule has 2 aromatic heterocycles. The maximum atomic E-state index is 4.98. The minimum Gasteiger partial charge on any atom is -0.313 e. The van der Waals surface area contributed by atoms with Gasteiger partial charge in [0.2, 0.25) is 0 Å². The van der Waals surface area contributed by atoms with Gasteiger partial charge in [0.1, 0.15) is 0 Å². The fourth-order valence-electron chi connectivity index (χ4n) is 3.04. The highest BCUT2D eigenvalue weighted by molar-refractivity contribution is 7.12. The van der Waals surface area contributed by atoms with Crippen molar-refractivity contribution in [2.45, 2.75) is 57.4 Å². The number of hydrogen-bond acceptors (Lipinski definition) is 5. The molecule has 0 saturated heterocycles. The monoisotopic (exact) mass is 319 g/mol. The Balaban J connectivity index is 1.49. The molecule has 0 aliphatic heterocycles. The molecule has 2 aliphatic carbocycles. The molecule has 2 aliphatic rings. The fraction of sp³-hybridized carbons (Fsp3) is 0.625. The summed E-state index contributed by atoms with van der Waals surface area (Å²) >= 11 is 3.68. The summed E-state index contributed by atoms with van der Waals surface area (Å²) in [5.74, 6) is 0.636. The lowest BCUT2D eigenvalue weighted by Gasteiger charge is -2.21. The lowest BCUT2D eigenvalue weighted by molar-refractivity contribution is 0.500. The van der Waals surface area contributed by atoms with E-state index in [1.165, 1.54) is 52.7 Å². The summed E-state index contributed by atoms with van der Waals surface area (Å²) in [7, 11) is 0. The Labute approximate surface area is 133 Å². The highest BCUT2D eigenvalue weighted by Gasteiger charge is 2.27. The minimum absolute atomic E-state index is 0.636. The van der Waals surface area contributed by atoms with Crippen molar-refractivity contribution >= 4 is 22.7 Å². The van der Waals surface area contributed by atoms with Crippen LogP contribution < -0.4 is 5.32 Å². The lowest BCUT2D eigenvalue weighted by atomic mass is 9.91. The van der Waals surface area contributed by atoms with Crippen LogP contribution in [0.1, 0.15) is 57.9 Å². The zero-order valence-electron chi connectivity index (χ0n) is 12.4. The van der Waals surface area contributed by atoms with Crippen LogP contribution in [0.3, 0.4) is 0 Å². The molecule has 0 amide bonds. The number of hydrogen-bond donors (Lipinski definition) is 1. The maximum absolute atomic E-state index is 4.98. The number of aryl methyl sites for hydroxylation is 2. The van der Waals surface area contributed by atoms with Crippen LogP contribution in [0, 0.1) is 6.92 Å². The second-order valence-electron chi connectivity index (χ2n) is 6.25. The Morgan fingerprint density at radius 1 is 1.24 bits per heavy atom. The Kier molecular flexibility index (Phi) is 3.81. The number of nitrogens with one attached hydrogen (secondary N) is 1. The van der Waals surface area contributed by atoms with E-state index in [4.69, 9.17) is 4.98 Å². The van der Waals surface area contributed by atoms with Crippen molar-refractivity contribution < 1.29 is 0 Å². The van der Waals surface area contributed by atoms with Crippen molar-refractivity contribution in [3.63, 3.8) is 0 Å². The SMILES string of the molecule is Cc1csc(Cc2nc3c(s2)CCCC3CNC2CC2)n1. The average Bonchev–Trinajstić information content (AvgIpc) is 3.07. The number of fused-ring (bicyclic) bond motifs is 1. The smallest absolute Gasteiger partial charge is 0.0999 e. The summed E-state index contributed by atoms with van der Waals surface area (Å²) in [4.78, 5) is 11.1. The molecule has 4 rings (SSSR count). The molecule has 0 spiro atoms. The second-order valence-corrected chi connectivity index (χ2v) is 8.36. The van der Waals surface area contributed by atoms with Gasteiger partial charge in [-0.15, -0.1) is 22.7 Å². The molecule has 0 bridgehead atoms. The molecule has 21 heavy (non-hydrogen) atoms. The molecule has 3 nitrogen and oxygen atoms in total. The predicted molar refractivity (Wildman–Crippen MR) is 88.5 cm³/mol. The van der Waals surface area contributed by atoms with Gasteiger partial charge in [-0.3, -0.25) is 0 Å². The molecule has 112 valence electrons. The summed E-state index contributed by atoms with van der Waals surface area (Å²) in [6, 6.07) is 0.798. The van der Waals surface area contributed by atoms with Crippen LogP contribution in [0.2, 0.25) is 0 Å². The van der Waals surface area contributed by atoms with E-state index < -0.39 is 0 Å². The second kappa shape index (κ2) is 5.78. The summed E-state index contributed by atoms with van der Waals surface area (Å²) in [5, 5.41) is 8.27. The van der Waals surface area contributed by atoms with Gasteiger partial charge in [-0.2, -0.15) is 0 Å². The Morgan fingerprint density at radius 3 is 2.90 bits per heavy atom. The molecule has 2 aromatic rings. The Morgan fingerprint density at radius 2 is 2.14 bits per heavy atom. The van der Waals surface area contributed by atoms with Gasteiger partial charge < -0.3 is 5.32 Å². The normalized spacial score (nSPS) is 21.5. The molecule has 0 aromatic carbocycles. The van der Waals surface area contributed by atoms with Gasteiger partial charge in [-0.1, -0.05) is 0 Å². The summed E-state index contributed by atoms with van der Waals surface area (Å²) in [6.45, 7) is 3.18. The molecule has 2 heterocycles. The van der Waals surface area contributed by atoms with E-state index in [1.807, 2.05) is 11.3 Å². The zero-order valence-corrected chi connectivity index (χ0v) is 14.0. The standard InChI is InChI=1S/C16H21N3S2/c1-10-9-20-14(18-10)7-15-19-16-11(8-17-12-5-6-12)3-2-4-13(16)21-15/h9,11-12,17H,2-8H2,1H3. The van der Waals surface area contributed by atoms with Gasteiger partial charge in [-0.05, 0) is 39.0 Å². The van der Waals surface area contributed by atoms with E-state index in [2.05, 4.69) is 22.6 Å². The molecular weight excluding hydrogens is 298 g/mol. The minimum atomic E-state index is 0.636. The van der Waals surface area contributed by atoms with Gasteiger partial charge in [0.15, 0.2) is 0 Å². The van der Waals surface area contributed by atoms with Crippen LogP contribution in [0.15, 0.2) is 5.38 Å². The van der Waals surface area contributed by atoms with Gasteiger partial charge in [0, 0.05) is 34.5 Å². The van der Waals surface area contributed by atoms with Crippen molar-refractivity contribution in [3.05, 3.63) is 31.7 Å². The van der Waals surface area contributed by atoms with Gasteiger partial charge in [0.05, 0.1) is 22.1 Å². The first-order valence-corrected chi connectivity index (χ1v) is 9.60. The van der Waals surface area contributed by atoms with Crippen molar-refractivity contribution in [3.8, 4) is 0 Å². The number of rotatable bonds is 5. The summed E-state index contributed by atoms with van der Waals surface area (Å²) in [5.41, 5.74) is 2.52. The van der Waals surface area contributed by atoms with Gasteiger partial charge >= 0.3 is 0 Å². The highest BCUT2D eigenvalue weighted by Crippen LogP contribution is 2.35. The van der Waals surface area contributed by atoms with Crippen LogP contribution in [-0.2, 0) is 12.8 Å². The number of thiazole rings is 2. The Hall–Kier alpha value is -0.780. The topological polar surface area (TPSA) is 37.8 Å². The fourth-order valence-corrected chi connectivity index (χ4v) is 5.11. The number of aromatic nitrogens is 2. The van der Waals surface area contributed by atoms with Crippen LogP contribution in [0.5, 0.6) is 0 Å². The quantitative estimate of drug-likeness (QED) is 0.914. The van der Waals surface area contributed by atoms with Gasteiger partial charge in [0.25, 0.3) is 0 Å². The van der Waals surface area contributed by atoms with E-state index in [1.54, 1.807) is 11.3 Å². The van der Waals surface area contributed by atoms with E-state index >= 15 is 0 Å². The number of nitrogens with zero attached hydrogens (tertiary/aromatic N) is 2. The van der Waals surface area contributed by atoms with Crippen molar-refractivity contribution in [2.24, 2.45) is 0 Å². The van der Waals surface area contributed by atoms with E-state index in [0.29, 0.717) is 5.92 Å². The molecular formula is C16H21N3S2. The molecule has 5 heteroatoms. The van der Waals surface area contributed by atoms with E-state index in [9.17, 15) is 0 Å². The first kappa shape index (κ1) is 13.9. The third-order valence-electron chi connectivity index (χ3n) is 4.31. The highest BCUT2D eigenvalue weighted by atomic mass is 32.1. The van der Waals surface area contributed by atoms with E-state index in [-0.39, 0.29) is 0 Å². The molecule has 1 fully saturated rings. The van der Waals surface area contributed by atoms with Crippen LogP contribution in [0.25, 0.3) is 0 Å². The summed E-state index contributed by atoms with van der Waals surface area (Å²) < 4.78 is 0. The largest absolute Gasteiger partial charge is 0.313 e. The van der Waals surface area contributed by atoms with Crippen molar-refractivity contribution in [2.75, 3.05) is 6.54 Å². The van der Waals surface area contributed by atoms with Gasteiger partial charge in [-0.25, -0.2) is 9.97 Å². The molecule has 1 saturated carbocycles. The predicted octanol–water partition coefficient (Wildman–Crippen LogP) is 3.67. The van der Waals surface area contributed by atoms with Crippen LogP contribution in [-0.4, -0.2) is 22.6 Å². The zero-order chi connectivity index (χ0) is 14.2. The molecule has 1 N–H and O–H groups in total. The summed E-state index contributed by atoms with van der Waals surface area (Å²) in [6.07, 6.45) is 7.49. The van der Waals surface area contributed by atoms with Crippen molar-refractivity contribution in [1.82, 2.24) is 15.3 Å². The average molecular weight is 319 g/mol. The van der Waals surface area contributed by atoms with E-state index in [0.717, 1.165) is 24.7 Å². The lowest BCUT2D eigenvalue weighted by Crippen LogP contribution is -2.25. The first-order chi connectivity index (χ1) is 10.3. The Bertz CT molecular complexity index is 627. The first-order valence-electron chi connectivity index (χ1n) is 7.91. The van der Waals surface area contributed by atoms with Crippen LogP contribution >= 0.6 is 22.7 Å².